The third-order valence-corrected chi connectivity index (χ3v) is 4.44. The number of aromatic amines is 1. The van der Waals surface area contributed by atoms with E-state index in [9.17, 15) is 9.59 Å². The zero-order valence-corrected chi connectivity index (χ0v) is 14.0. The Morgan fingerprint density at radius 1 is 1.32 bits per heavy atom. The monoisotopic (exact) mass is 317 g/mol. The first-order chi connectivity index (χ1) is 10.5. The SMILES string of the molecule is CCOC(=O)c1[nH]c(C)c(C(=O)/C=C/c2sccc2C)c1C. The predicted molar refractivity (Wildman–Crippen MR) is 88.6 cm³/mol. The first-order valence-electron chi connectivity index (χ1n) is 7.08. The van der Waals surface area contributed by atoms with Gasteiger partial charge in [-0.25, -0.2) is 4.79 Å². The molecule has 0 saturated heterocycles. The van der Waals surface area contributed by atoms with Crippen LogP contribution in [0.2, 0.25) is 0 Å². The number of thiophene rings is 1. The van der Waals surface area contributed by atoms with Crippen LogP contribution in [0.3, 0.4) is 0 Å². The number of rotatable bonds is 5. The Labute approximate surface area is 133 Å². The third kappa shape index (κ3) is 3.20. The molecular formula is C17H19NO3S. The van der Waals surface area contributed by atoms with Gasteiger partial charge in [-0.05, 0) is 62.4 Å². The van der Waals surface area contributed by atoms with E-state index in [1.807, 2.05) is 24.4 Å². The lowest BCUT2D eigenvalue weighted by Crippen LogP contribution is -2.07. The minimum Gasteiger partial charge on any atom is -0.461 e. The fraction of sp³-hybridized carbons (Fsp3) is 0.294. The van der Waals surface area contributed by atoms with Crippen LogP contribution in [0.4, 0.5) is 0 Å². The van der Waals surface area contributed by atoms with Gasteiger partial charge in [0.1, 0.15) is 5.69 Å². The number of hydrogen-bond donors (Lipinski definition) is 1. The van der Waals surface area contributed by atoms with E-state index in [1.54, 1.807) is 38.2 Å². The van der Waals surface area contributed by atoms with E-state index < -0.39 is 5.97 Å². The molecule has 2 rings (SSSR count). The number of ether oxygens (including phenoxy) is 1. The van der Waals surface area contributed by atoms with Crippen molar-refractivity contribution in [3.05, 3.63) is 50.5 Å². The van der Waals surface area contributed by atoms with E-state index >= 15 is 0 Å². The summed E-state index contributed by atoms with van der Waals surface area (Å²) in [6, 6.07) is 2.01. The molecule has 0 spiro atoms. The maximum absolute atomic E-state index is 12.4. The van der Waals surface area contributed by atoms with Crippen molar-refractivity contribution in [2.75, 3.05) is 6.61 Å². The Hall–Kier alpha value is -2.14. The minimum absolute atomic E-state index is 0.116. The molecule has 1 N–H and O–H groups in total. The Bertz CT molecular complexity index is 737. The van der Waals surface area contributed by atoms with E-state index in [2.05, 4.69) is 4.98 Å². The van der Waals surface area contributed by atoms with E-state index in [0.29, 0.717) is 29.1 Å². The first kappa shape index (κ1) is 16.2. The summed E-state index contributed by atoms with van der Waals surface area (Å²) >= 11 is 1.59. The van der Waals surface area contributed by atoms with Crippen molar-refractivity contribution < 1.29 is 14.3 Å². The Balaban J connectivity index is 2.29. The molecule has 5 heteroatoms. The van der Waals surface area contributed by atoms with E-state index in [1.165, 1.54) is 0 Å². The van der Waals surface area contributed by atoms with Crippen molar-refractivity contribution in [2.24, 2.45) is 0 Å². The van der Waals surface area contributed by atoms with Crippen LogP contribution >= 0.6 is 11.3 Å². The number of aromatic nitrogens is 1. The van der Waals surface area contributed by atoms with Crippen LogP contribution in [0.25, 0.3) is 6.08 Å². The summed E-state index contributed by atoms with van der Waals surface area (Å²) in [4.78, 5) is 28.3. The summed E-state index contributed by atoms with van der Waals surface area (Å²) in [5.74, 6) is -0.546. The quantitative estimate of drug-likeness (QED) is 0.513. The summed E-state index contributed by atoms with van der Waals surface area (Å²) < 4.78 is 4.99. The molecule has 0 amide bonds. The third-order valence-electron chi connectivity index (χ3n) is 3.45. The number of hydrogen-bond acceptors (Lipinski definition) is 4. The molecule has 0 radical (unpaired) electrons. The average molecular weight is 317 g/mol. The Morgan fingerprint density at radius 2 is 2.05 bits per heavy atom. The second-order valence-corrected chi connectivity index (χ2v) is 5.96. The molecule has 2 heterocycles. The van der Waals surface area contributed by atoms with Crippen molar-refractivity contribution >= 4 is 29.2 Å². The van der Waals surface area contributed by atoms with Gasteiger partial charge in [0.25, 0.3) is 0 Å². The second-order valence-electron chi connectivity index (χ2n) is 5.01. The molecule has 0 aliphatic heterocycles. The lowest BCUT2D eigenvalue weighted by molar-refractivity contribution is 0.0519. The summed E-state index contributed by atoms with van der Waals surface area (Å²) in [5, 5.41) is 1.99. The smallest absolute Gasteiger partial charge is 0.355 e. The summed E-state index contributed by atoms with van der Waals surface area (Å²) in [7, 11) is 0. The molecule has 116 valence electrons. The van der Waals surface area contributed by atoms with Gasteiger partial charge in [-0.3, -0.25) is 4.79 Å². The molecule has 22 heavy (non-hydrogen) atoms. The van der Waals surface area contributed by atoms with Crippen LogP contribution in [0.5, 0.6) is 0 Å². The van der Waals surface area contributed by atoms with E-state index in [-0.39, 0.29) is 5.78 Å². The summed E-state index contributed by atoms with van der Waals surface area (Å²) in [6.07, 6.45) is 3.37. The van der Waals surface area contributed by atoms with Gasteiger partial charge in [0.2, 0.25) is 0 Å². The van der Waals surface area contributed by atoms with Crippen LogP contribution < -0.4 is 0 Å². The first-order valence-corrected chi connectivity index (χ1v) is 7.96. The van der Waals surface area contributed by atoms with Crippen molar-refractivity contribution in [1.29, 1.82) is 0 Å². The molecule has 0 atom stereocenters. The molecule has 0 aliphatic rings. The van der Waals surface area contributed by atoms with E-state index in [0.717, 1.165) is 10.4 Å². The number of allylic oxidation sites excluding steroid dienone is 1. The fourth-order valence-corrected chi connectivity index (χ4v) is 3.14. The molecule has 2 aromatic heterocycles. The molecule has 4 nitrogen and oxygen atoms in total. The molecule has 0 unspecified atom stereocenters. The van der Waals surface area contributed by atoms with Gasteiger partial charge in [0, 0.05) is 16.1 Å². The minimum atomic E-state index is -0.430. The maximum atomic E-state index is 12.4. The zero-order chi connectivity index (χ0) is 16.3. The van der Waals surface area contributed by atoms with Crippen LogP contribution in [-0.4, -0.2) is 23.3 Å². The zero-order valence-electron chi connectivity index (χ0n) is 13.1. The van der Waals surface area contributed by atoms with Crippen LogP contribution in [-0.2, 0) is 4.74 Å². The highest BCUT2D eigenvalue weighted by Crippen LogP contribution is 2.22. The lowest BCUT2D eigenvalue weighted by atomic mass is 10.0. The fourth-order valence-electron chi connectivity index (χ4n) is 2.32. The number of H-pyrrole nitrogens is 1. The normalized spacial score (nSPS) is 11.1. The highest BCUT2D eigenvalue weighted by atomic mass is 32.1. The number of nitrogens with one attached hydrogen (secondary N) is 1. The molecule has 0 bridgehead atoms. The van der Waals surface area contributed by atoms with Gasteiger partial charge in [-0.2, -0.15) is 0 Å². The van der Waals surface area contributed by atoms with Crippen molar-refractivity contribution in [2.45, 2.75) is 27.7 Å². The van der Waals surface area contributed by atoms with Gasteiger partial charge in [-0.15, -0.1) is 11.3 Å². The Morgan fingerprint density at radius 3 is 2.64 bits per heavy atom. The maximum Gasteiger partial charge on any atom is 0.355 e. The largest absolute Gasteiger partial charge is 0.461 e. The second kappa shape index (κ2) is 6.75. The van der Waals surface area contributed by atoms with Gasteiger partial charge in [-0.1, -0.05) is 0 Å². The number of carbonyl (C=O) groups excluding carboxylic acids is 2. The van der Waals surface area contributed by atoms with Crippen molar-refractivity contribution in [3.63, 3.8) is 0 Å². The van der Waals surface area contributed by atoms with Gasteiger partial charge in [0.15, 0.2) is 5.78 Å². The van der Waals surface area contributed by atoms with E-state index in [4.69, 9.17) is 4.74 Å². The topological polar surface area (TPSA) is 59.2 Å². The summed E-state index contributed by atoms with van der Waals surface area (Å²) in [6.45, 7) is 7.60. The number of carbonyl (C=O) groups is 2. The lowest BCUT2D eigenvalue weighted by Gasteiger charge is -2.00. The highest BCUT2D eigenvalue weighted by Gasteiger charge is 2.21. The standard InChI is InChI=1S/C17H19NO3S/c1-5-21-17(20)16-11(3)15(12(4)18-16)13(19)6-7-14-10(2)8-9-22-14/h6-9,18H,5H2,1-4H3/b7-6+. The van der Waals surface area contributed by atoms with Crippen LogP contribution in [0.1, 0.15) is 49.5 Å². The molecule has 0 saturated carbocycles. The van der Waals surface area contributed by atoms with Gasteiger partial charge >= 0.3 is 5.97 Å². The van der Waals surface area contributed by atoms with Crippen molar-refractivity contribution in [3.8, 4) is 0 Å². The molecule has 0 aliphatic carbocycles. The number of aryl methyl sites for hydroxylation is 2. The average Bonchev–Trinajstić information content (AvgIpc) is 3.00. The Kier molecular flexibility index (Phi) is 4.98. The molecule has 2 aromatic rings. The molecule has 0 fully saturated rings. The summed E-state index contributed by atoms with van der Waals surface area (Å²) in [5.41, 5.74) is 3.34. The highest BCUT2D eigenvalue weighted by molar-refractivity contribution is 7.11. The van der Waals surface area contributed by atoms with Crippen molar-refractivity contribution in [1.82, 2.24) is 4.98 Å². The van der Waals surface area contributed by atoms with Crippen LogP contribution in [0.15, 0.2) is 17.5 Å². The van der Waals surface area contributed by atoms with Crippen LogP contribution in [0, 0.1) is 20.8 Å². The molecular weight excluding hydrogens is 298 g/mol. The van der Waals surface area contributed by atoms with Gasteiger partial charge in [0.05, 0.1) is 6.61 Å². The van der Waals surface area contributed by atoms with Gasteiger partial charge < -0.3 is 9.72 Å². The number of esters is 1. The predicted octanol–water partition coefficient (Wildman–Crippen LogP) is 4.07. The molecule has 0 aromatic carbocycles. The number of ketones is 1.